The third-order valence-electron chi connectivity index (χ3n) is 7.91. The summed E-state index contributed by atoms with van der Waals surface area (Å²) in [6.45, 7) is 3.32. The number of rotatable bonds is 3. The van der Waals surface area contributed by atoms with Gasteiger partial charge in [-0.05, 0) is 53.8 Å². The molecule has 1 fully saturated rings. The molecule has 3 aromatic carbocycles. The SMILES string of the molecule is Cc1c(Cl)cccc1NC(=O)[C@H](C)N1C(=O)[C@H]2[C@H](C1=O)C1(Cl)c3ccccc3C2(Cl)c2ccccc21. The van der Waals surface area contributed by atoms with E-state index in [1.54, 1.807) is 25.1 Å². The van der Waals surface area contributed by atoms with E-state index in [1.165, 1.54) is 6.92 Å². The van der Waals surface area contributed by atoms with Gasteiger partial charge in [-0.1, -0.05) is 66.2 Å². The number of hydrogen-bond donors (Lipinski definition) is 1. The number of amides is 3. The van der Waals surface area contributed by atoms with Gasteiger partial charge in [0.2, 0.25) is 17.7 Å². The lowest BCUT2D eigenvalue weighted by atomic mass is 9.54. The summed E-state index contributed by atoms with van der Waals surface area (Å²) < 4.78 is 0. The van der Waals surface area contributed by atoms with E-state index in [2.05, 4.69) is 5.32 Å². The lowest BCUT2D eigenvalue weighted by Crippen LogP contribution is -2.57. The molecule has 0 spiro atoms. The van der Waals surface area contributed by atoms with Crippen molar-refractivity contribution in [2.24, 2.45) is 11.8 Å². The number of anilines is 1. The molecule has 3 atom stereocenters. The van der Waals surface area contributed by atoms with E-state index in [-0.39, 0.29) is 0 Å². The highest BCUT2D eigenvalue weighted by molar-refractivity contribution is 6.36. The van der Waals surface area contributed by atoms with Crippen molar-refractivity contribution in [3.63, 3.8) is 0 Å². The van der Waals surface area contributed by atoms with Crippen LogP contribution in [0.25, 0.3) is 0 Å². The molecule has 4 aliphatic rings. The summed E-state index contributed by atoms with van der Waals surface area (Å²) in [5.74, 6) is -3.40. The molecule has 1 aliphatic heterocycles. The Labute approximate surface area is 223 Å². The van der Waals surface area contributed by atoms with Crippen LogP contribution in [0.15, 0.2) is 66.7 Å². The molecule has 1 N–H and O–H groups in total. The monoisotopic (exact) mass is 538 g/mol. The van der Waals surface area contributed by atoms with Gasteiger partial charge in [0.25, 0.3) is 0 Å². The van der Waals surface area contributed by atoms with E-state index in [9.17, 15) is 14.4 Å². The number of nitrogens with one attached hydrogen (secondary N) is 1. The van der Waals surface area contributed by atoms with Crippen molar-refractivity contribution in [3.05, 3.63) is 99.6 Å². The molecular formula is C28H21Cl3N2O3. The molecule has 0 saturated carbocycles. The average molecular weight is 540 g/mol. The molecule has 36 heavy (non-hydrogen) atoms. The standard InChI is InChI=1S/C28H21Cl3N2O3/c1-14-20(29)12-7-13-21(14)32-24(34)15(2)33-25(35)22-23(26(33)36)28(31)17-9-4-3-8-16(17)27(22,30)18-10-5-6-11-19(18)28/h3-13,15,22-23H,1-2H3,(H,32,34)/t15-,22+,23+,27?,28?/m0/s1. The van der Waals surface area contributed by atoms with Gasteiger partial charge in [-0.15, -0.1) is 23.2 Å². The Kier molecular flexibility index (Phi) is 5.11. The van der Waals surface area contributed by atoms with Gasteiger partial charge < -0.3 is 5.32 Å². The quantitative estimate of drug-likeness (QED) is 0.350. The summed E-state index contributed by atoms with van der Waals surface area (Å²) in [5, 5.41) is 3.31. The normalized spacial score (nSPS) is 28.4. The highest BCUT2D eigenvalue weighted by atomic mass is 35.5. The van der Waals surface area contributed by atoms with Crippen molar-refractivity contribution in [1.29, 1.82) is 0 Å². The number of likely N-dealkylation sites (tertiary alicyclic amines) is 1. The molecule has 1 saturated heterocycles. The van der Waals surface area contributed by atoms with E-state index in [1.807, 2.05) is 48.5 Å². The fourth-order valence-corrected chi connectivity index (χ4v) is 7.44. The minimum Gasteiger partial charge on any atom is -0.324 e. The number of nitrogens with zero attached hydrogens (tertiary/aromatic N) is 1. The van der Waals surface area contributed by atoms with Crippen molar-refractivity contribution in [2.75, 3.05) is 5.32 Å². The number of imide groups is 1. The molecule has 0 radical (unpaired) electrons. The Morgan fingerprint density at radius 3 is 1.72 bits per heavy atom. The van der Waals surface area contributed by atoms with Gasteiger partial charge in [0, 0.05) is 10.7 Å². The second kappa shape index (κ2) is 7.82. The highest BCUT2D eigenvalue weighted by Crippen LogP contribution is 2.69. The number of halogens is 3. The fourth-order valence-electron chi connectivity index (χ4n) is 6.17. The van der Waals surface area contributed by atoms with E-state index in [4.69, 9.17) is 34.8 Å². The molecule has 3 amide bonds. The second-order valence-electron chi connectivity index (χ2n) is 9.59. The molecule has 0 aromatic heterocycles. The Bertz CT molecular complexity index is 1360. The van der Waals surface area contributed by atoms with Crippen LogP contribution in [0.5, 0.6) is 0 Å². The van der Waals surface area contributed by atoms with Gasteiger partial charge in [0.15, 0.2) is 0 Å². The minimum atomic E-state index is -1.28. The number of carbonyl (C=O) groups excluding carboxylic acids is 3. The largest absolute Gasteiger partial charge is 0.324 e. The van der Waals surface area contributed by atoms with Gasteiger partial charge in [0.1, 0.15) is 15.8 Å². The maximum Gasteiger partial charge on any atom is 0.247 e. The van der Waals surface area contributed by atoms with Gasteiger partial charge in [0.05, 0.1) is 11.8 Å². The van der Waals surface area contributed by atoms with E-state index in [0.717, 1.165) is 27.2 Å². The molecule has 3 aliphatic carbocycles. The molecule has 8 heteroatoms. The second-order valence-corrected chi connectivity index (χ2v) is 11.2. The van der Waals surface area contributed by atoms with Crippen LogP contribution in [0.3, 0.4) is 0 Å². The molecule has 5 nitrogen and oxygen atoms in total. The Morgan fingerprint density at radius 2 is 1.28 bits per heavy atom. The Balaban J connectivity index is 1.45. The zero-order valence-corrected chi connectivity index (χ0v) is 21.7. The van der Waals surface area contributed by atoms with Crippen molar-refractivity contribution in [2.45, 2.75) is 29.6 Å². The molecular weight excluding hydrogens is 519 g/mol. The number of alkyl halides is 2. The van der Waals surface area contributed by atoms with Gasteiger partial charge in [-0.25, -0.2) is 0 Å². The third kappa shape index (κ3) is 2.77. The molecule has 182 valence electrons. The van der Waals surface area contributed by atoms with E-state index >= 15 is 0 Å². The molecule has 1 heterocycles. The van der Waals surface area contributed by atoms with Crippen LogP contribution in [0.1, 0.15) is 34.7 Å². The summed E-state index contributed by atoms with van der Waals surface area (Å²) >= 11 is 21.0. The van der Waals surface area contributed by atoms with E-state index in [0.29, 0.717) is 16.3 Å². The van der Waals surface area contributed by atoms with Gasteiger partial charge in [-0.3, -0.25) is 19.3 Å². The molecule has 2 bridgehead atoms. The van der Waals surface area contributed by atoms with Crippen LogP contribution in [-0.4, -0.2) is 28.7 Å². The van der Waals surface area contributed by atoms with Crippen molar-refractivity contribution in [3.8, 4) is 0 Å². The summed E-state index contributed by atoms with van der Waals surface area (Å²) in [4.78, 5) is 39.7. The van der Waals surface area contributed by atoms with Crippen LogP contribution < -0.4 is 5.32 Å². The fraction of sp³-hybridized carbons (Fsp3) is 0.250. The van der Waals surface area contributed by atoms with Crippen molar-refractivity contribution >= 4 is 58.2 Å². The number of hydrogen-bond acceptors (Lipinski definition) is 3. The topological polar surface area (TPSA) is 66.5 Å². The van der Waals surface area contributed by atoms with Gasteiger partial charge >= 0.3 is 0 Å². The number of benzene rings is 3. The summed E-state index contributed by atoms with van der Waals surface area (Å²) in [5.41, 5.74) is 4.08. The van der Waals surface area contributed by atoms with Crippen LogP contribution in [0.4, 0.5) is 5.69 Å². The van der Waals surface area contributed by atoms with Crippen LogP contribution in [-0.2, 0) is 24.1 Å². The Morgan fingerprint density at radius 1 is 0.833 bits per heavy atom. The zero-order chi connectivity index (χ0) is 25.6. The summed E-state index contributed by atoms with van der Waals surface area (Å²) in [6, 6.07) is 18.9. The minimum absolute atomic E-state index is 0.500. The molecule has 7 rings (SSSR count). The van der Waals surface area contributed by atoms with Crippen LogP contribution in [0, 0.1) is 18.8 Å². The first-order valence-corrected chi connectivity index (χ1v) is 12.8. The zero-order valence-electron chi connectivity index (χ0n) is 19.4. The van der Waals surface area contributed by atoms with Gasteiger partial charge in [-0.2, -0.15) is 0 Å². The Hall–Kier alpha value is -2.86. The lowest BCUT2D eigenvalue weighted by molar-refractivity contribution is -0.146. The average Bonchev–Trinajstić information content (AvgIpc) is 3.15. The first kappa shape index (κ1) is 23.5. The summed E-state index contributed by atoms with van der Waals surface area (Å²) in [7, 11) is 0. The predicted molar refractivity (Wildman–Crippen MR) is 139 cm³/mol. The molecule has 3 aromatic rings. The summed E-state index contributed by atoms with van der Waals surface area (Å²) in [6.07, 6.45) is 0. The van der Waals surface area contributed by atoms with Crippen LogP contribution in [0.2, 0.25) is 5.02 Å². The number of carbonyl (C=O) groups is 3. The first-order valence-electron chi connectivity index (χ1n) is 11.6. The molecule has 0 unspecified atom stereocenters. The predicted octanol–water partition coefficient (Wildman–Crippen LogP) is 5.57. The maximum absolute atomic E-state index is 14.0. The highest BCUT2D eigenvalue weighted by Gasteiger charge is 2.73. The van der Waals surface area contributed by atoms with E-state index < -0.39 is 45.3 Å². The smallest absolute Gasteiger partial charge is 0.247 e. The first-order chi connectivity index (χ1) is 17.1. The maximum atomic E-state index is 14.0. The lowest BCUT2D eigenvalue weighted by Gasteiger charge is -2.54. The van der Waals surface area contributed by atoms with Crippen molar-refractivity contribution < 1.29 is 14.4 Å². The third-order valence-corrected chi connectivity index (χ3v) is 9.61. The van der Waals surface area contributed by atoms with Crippen LogP contribution >= 0.6 is 34.8 Å². The van der Waals surface area contributed by atoms with Crippen molar-refractivity contribution in [1.82, 2.24) is 4.90 Å².